The fourth-order valence-corrected chi connectivity index (χ4v) is 1.93. The summed E-state index contributed by atoms with van der Waals surface area (Å²) in [5.74, 6) is 0.869. The molecule has 1 heterocycles. The van der Waals surface area contributed by atoms with E-state index < -0.39 is 0 Å². The Morgan fingerprint density at radius 3 is 2.27 bits per heavy atom. The van der Waals surface area contributed by atoms with E-state index >= 15 is 0 Å². The van der Waals surface area contributed by atoms with Crippen LogP contribution in [-0.2, 0) is 0 Å². The van der Waals surface area contributed by atoms with Crippen molar-refractivity contribution < 1.29 is 0 Å². The van der Waals surface area contributed by atoms with Crippen LogP contribution in [0.2, 0.25) is 5.15 Å². The van der Waals surface area contributed by atoms with Crippen LogP contribution in [0.4, 0.5) is 5.82 Å². The van der Waals surface area contributed by atoms with E-state index in [0.29, 0.717) is 5.15 Å². The molecule has 1 aromatic rings. The molecule has 0 aliphatic carbocycles. The monoisotopic (exact) mass is 226 g/mol. The average molecular weight is 227 g/mol. The fraction of sp³-hybridized carbons (Fsp3) is 0.583. The summed E-state index contributed by atoms with van der Waals surface area (Å²) >= 11 is 5.85. The molecule has 0 aromatic carbocycles. The van der Waals surface area contributed by atoms with Crippen molar-refractivity contribution in [2.24, 2.45) is 0 Å². The number of rotatable bonds is 5. The molecule has 0 aliphatic rings. The van der Waals surface area contributed by atoms with Gasteiger partial charge in [0.05, 0.1) is 0 Å². The molecule has 0 aliphatic heterocycles. The molecule has 15 heavy (non-hydrogen) atoms. The predicted molar refractivity (Wildman–Crippen MR) is 66.5 cm³/mol. The van der Waals surface area contributed by atoms with Crippen molar-refractivity contribution in [3.8, 4) is 0 Å². The van der Waals surface area contributed by atoms with Crippen molar-refractivity contribution in [3.05, 3.63) is 23.4 Å². The van der Waals surface area contributed by atoms with E-state index in [1.807, 2.05) is 12.1 Å². The van der Waals surface area contributed by atoms with Gasteiger partial charge in [-0.25, -0.2) is 4.98 Å². The molecule has 1 aromatic heterocycles. The van der Waals surface area contributed by atoms with Crippen molar-refractivity contribution in [3.63, 3.8) is 0 Å². The lowest BCUT2D eigenvalue weighted by Gasteiger charge is -2.32. The first kappa shape index (κ1) is 12.3. The molecule has 0 amide bonds. The Labute approximate surface area is 97.1 Å². The third-order valence-electron chi connectivity index (χ3n) is 3.14. The van der Waals surface area contributed by atoms with E-state index in [1.54, 1.807) is 6.07 Å². The van der Waals surface area contributed by atoms with Crippen LogP contribution in [0.1, 0.15) is 40.0 Å². The first-order valence-electron chi connectivity index (χ1n) is 5.56. The van der Waals surface area contributed by atoms with Crippen molar-refractivity contribution >= 4 is 17.4 Å². The Balaban J connectivity index is 2.82. The summed E-state index contributed by atoms with van der Waals surface area (Å²) < 4.78 is 0. The number of halogens is 1. The predicted octanol–water partition coefficient (Wildman–Crippen LogP) is 4.12. The maximum Gasteiger partial charge on any atom is 0.131 e. The zero-order chi connectivity index (χ0) is 11.3. The minimum absolute atomic E-state index is 0.150. The van der Waals surface area contributed by atoms with Crippen LogP contribution in [0, 0.1) is 0 Å². The quantitative estimate of drug-likeness (QED) is 0.765. The molecule has 0 atom stereocenters. The van der Waals surface area contributed by atoms with E-state index in [2.05, 4.69) is 31.1 Å². The number of hydrogen-bond donors (Lipinski definition) is 1. The fourth-order valence-electron chi connectivity index (χ4n) is 1.76. The summed E-state index contributed by atoms with van der Waals surface area (Å²) in [5.41, 5.74) is 0.150. The topological polar surface area (TPSA) is 24.9 Å². The average Bonchev–Trinajstić information content (AvgIpc) is 2.26. The molecular weight excluding hydrogens is 208 g/mol. The van der Waals surface area contributed by atoms with Gasteiger partial charge < -0.3 is 5.32 Å². The molecule has 2 nitrogen and oxygen atoms in total. The molecule has 0 unspecified atom stereocenters. The van der Waals surface area contributed by atoms with E-state index in [0.717, 1.165) is 25.1 Å². The van der Waals surface area contributed by atoms with Gasteiger partial charge in [-0.05, 0) is 31.4 Å². The molecule has 1 N–H and O–H groups in total. The zero-order valence-corrected chi connectivity index (χ0v) is 10.4. The van der Waals surface area contributed by atoms with Gasteiger partial charge >= 0.3 is 0 Å². The van der Waals surface area contributed by atoms with Gasteiger partial charge in [-0.1, -0.05) is 38.4 Å². The number of aromatic nitrogens is 1. The maximum atomic E-state index is 5.85. The third-order valence-corrected chi connectivity index (χ3v) is 3.35. The molecule has 0 saturated carbocycles. The van der Waals surface area contributed by atoms with Crippen LogP contribution in [0.25, 0.3) is 0 Å². The SMILES string of the molecule is CCC(CC)(CC)Nc1cccc(Cl)n1. The van der Waals surface area contributed by atoms with Crippen LogP contribution in [0.5, 0.6) is 0 Å². The van der Waals surface area contributed by atoms with E-state index in [4.69, 9.17) is 11.6 Å². The summed E-state index contributed by atoms with van der Waals surface area (Å²) in [6.07, 6.45) is 3.27. The normalized spacial score (nSPS) is 11.5. The molecule has 3 heteroatoms. The minimum Gasteiger partial charge on any atom is -0.365 e. The molecule has 0 saturated heterocycles. The Morgan fingerprint density at radius 2 is 1.80 bits per heavy atom. The Kier molecular flexibility index (Phi) is 4.40. The molecule has 0 fully saturated rings. The van der Waals surface area contributed by atoms with Gasteiger partial charge in [-0.2, -0.15) is 0 Å². The molecule has 0 spiro atoms. The molecule has 0 radical (unpaired) electrons. The van der Waals surface area contributed by atoms with Crippen LogP contribution >= 0.6 is 11.6 Å². The van der Waals surface area contributed by atoms with Gasteiger partial charge in [0.1, 0.15) is 11.0 Å². The van der Waals surface area contributed by atoms with Gasteiger partial charge in [0.25, 0.3) is 0 Å². The first-order chi connectivity index (χ1) is 7.15. The second kappa shape index (κ2) is 5.36. The lowest BCUT2D eigenvalue weighted by Crippen LogP contribution is -2.36. The smallest absolute Gasteiger partial charge is 0.131 e. The van der Waals surface area contributed by atoms with Gasteiger partial charge in [-0.3, -0.25) is 0 Å². The van der Waals surface area contributed by atoms with Crippen LogP contribution < -0.4 is 5.32 Å². The highest BCUT2D eigenvalue weighted by molar-refractivity contribution is 6.29. The highest BCUT2D eigenvalue weighted by atomic mass is 35.5. The summed E-state index contributed by atoms with van der Waals surface area (Å²) in [4.78, 5) is 4.26. The van der Waals surface area contributed by atoms with E-state index in [9.17, 15) is 0 Å². The van der Waals surface area contributed by atoms with Crippen molar-refractivity contribution in [2.45, 2.75) is 45.6 Å². The second-order valence-electron chi connectivity index (χ2n) is 3.81. The second-order valence-corrected chi connectivity index (χ2v) is 4.20. The van der Waals surface area contributed by atoms with E-state index in [1.165, 1.54) is 0 Å². The Hall–Kier alpha value is -0.760. The van der Waals surface area contributed by atoms with Gasteiger partial charge in [0.15, 0.2) is 0 Å². The summed E-state index contributed by atoms with van der Waals surface area (Å²) in [6.45, 7) is 6.60. The zero-order valence-electron chi connectivity index (χ0n) is 9.68. The highest BCUT2D eigenvalue weighted by Gasteiger charge is 2.23. The third kappa shape index (κ3) is 3.10. The Bertz CT molecular complexity index is 300. The lowest BCUT2D eigenvalue weighted by molar-refractivity contribution is 0.419. The molecule has 0 bridgehead atoms. The van der Waals surface area contributed by atoms with Gasteiger partial charge in [0.2, 0.25) is 0 Å². The van der Waals surface area contributed by atoms with Crippen molar-refractivity contribution in [1.82, 2.24) is 4.98 Å². The lowest BCUT2D eigenvalue weighted by atomic mass is 9.90. The van der Waals surface area contributed by atoms with Gasteiger partial charge in [-0.15, -0.1) is 0 Å². The largest absolute Gasteiger partial charge is 0.365 e. The number of hydrogen-bond acceptors (Lipinski definition) is 2. The van der Waals surface area contributed by atoms with E-state index in [-0.39, 0.29) is 5.54 Å². The van der Waals surface area contributed by atoms with Gasteiger partial charge in [0, 0.05) is 5.54 Å². The first-order valence-corrected chi connectivity index (χ1v) is 5.94. The maximum absolute atomic E-state index is 5.85. The van der Waals surface area contributed by atoms with Crippen LogP contribution in [-0.4, -0.2) is 10.5 Å². The summed E-state index contributed by atoms with van der Waals surface area (Å²) in [7, 11) is 0. The van der Waals surface area contributed by atoms with Crippen LogP contribution in [0.15, 0.2) is 18.2 Å². The standard InChI is InChI=1S/C12H19ClN2/c1-4-12(5-2,6-3)15-11-9-7-8-10(13)14-11/h7-9H,4-6H2,1-3H3,(H,14,15). The number of nitrogens with one attached hydrogen (secondary N) is 1. The number of nitrogens with zero attached hydrogens (tertiary/aromatic N) is 1. The number of anilines is 1. The Morgan fingerprint density at radius 1 is 1.20 bits per heavy atom. The minimum atomic E-state index is 0.150. The summed E-state index contributed by atoms with van der Waals surface area (Å²) in [5, 5.41) is 4.03. The molecule has 1 rings (SSSR count). The van der Waals surface area contributed by atoms with Crippen molar-refractivity contribution in [2.75, 3.05) is 5.32 Å². The molecule has 84 valence electrons. The highest BCUT2D eigenvalue weighted by Crippen LogP contribution is 2.24. The summed E-state index contributed by atoms with van der Waals surface area (Å²) in [6, 6.07) is 5.67. The number of pyridine rings is 1. The molecular formula is C12H19ClN2. The van der Waals surface area contributed by atoms with Crippen LogP contribution in [0.3, 0.4) is 0 Å². The van der Waals surface area contributed by atoms with Crippen molar-refractivity contribution in [1.29, 1.82) is 0 Å².